The maximum Gasteiger partial charge on any atom is 0.230 e. The van der Waals surface area contributed by atoms with E-state index in [2.05, 4.69) is 18.7 Å². The van der Waals surface area contributed by atoms with Crippen LogP contribution in [-0.2, 0) is 11.3 Å². The predicted molar refractivity (Wildman–Crippen MR) is 84.8 cm³/mol. The number of carbonyl (C=O) groups is 1. The van der Waals surface area contributed by atoms with Crippen molar-refractivity contribution in [3.8, 4) is 0 Å². The molecule has 3 rings (SSSR count). The smallest absolute Gasteiger partial charge is 0.230 e. The molecule has 2 aliphatic heterocycles. The van der Waals surface area contributed by atoms with E-state index >= 15 is 0 Å². The Balaban J connectivity index is 1.74. The van der Waals surface area contributed by atoms with Crippen molar-refractivity contribution in [2.45, 2.75) is 45.7 Å². The number of carbonyl (C=O) groups excluding carboxylic acids is 1. The molecule has 2 aliphatic rings. The van der Waals surface area contributed by atoms with Crippen LogP contribution in [0.2, 0.25) is 0 Å². The third-order valence-electron chi connectivity index (χ3n) is 5.30. The van der Waals surface area contributed by atoms with Crippen LogP contribution in [0.15, 0.2) is 18.2 Å². The highest BCUT2D eigenvalue weighted by atomic mass is 19.2. The van der Waals surface area contributed by atoms with Gasteiger partial charge in [-0.2, -0.15) is 0 Å². The topological polar surface area (TPSA) is 23.6 Å². The largest absolute Gasteiger partial charge is 0.338 e. The van der Waals surface area contributed by atoms with Crippen LogP contribution in [0, 0.1) is 17.0 Å². The van der Waals surface area contributed by atoms with Crippen molar-refractivity contribution in [1.29, 1.82) is 0 Å². The average molecular weight is 322 g/mol. The first kappa shape index (κ1) is 16.4. The summed E-state index contributed by atoms with van der Waals surface area (Å²) in [4.78, 5) is 17.2. The Bertz CT molecular complexity index is 605. The molecule has 2 heterocycles. The lowest BCUT2D eigenvalue weighted by Gasteiger charge is -2.39. The fraction of sp³-hybridized carbons (Fsp3) is 0.611. The Morgan fingerprint density at radius 2 is 1.96 bits per heavy atom. The Hall–Kier alpha value is -1.49. The van der Waals surface area contributed by atoms with Gasteiger partial charge in [0.2, 0.25) is 5.91 Å². The van der Waals surface area contributed by atoms with E-state index in [-0.39, 0.29) is 11.3 Å². The average Bonchev–Trinajstić information content (AvgIpc) is 2.93. The summed E-state index contributed by atoms with van der Waals surface area (Å²) >= 11 is 0. The highest BCUT2D eigenvalue weighted by Gasteiger charge is 2.48. The highest BCUT2D eigenvalue weighted by molar-refractivity contribution is 5.84. The standard InChI is InChI=1S/C18H24F2N2O/c1-13(2)22-9-7-18(12-22)6-3-8-21(17(18)23)11-14-4-5-15(19)16(20)10-14/h4-5,10,13H,3,6-9,11-12H2,1-2H3/t18-/m0/s1. The molecule has 23 heavy (non-hydrogen) atoms. The highest BCUT2D eigenvalue weighted by Crippen LogP contribution is 2.41. The van der Waals surface area contributed by atoms with Crippen LogP contribution in [0.5, 0.6) is 0 Å². The van der Waals surface area contributed by atoms with Crippen molar-refractivity contribution in [3.05, 3.63) is 35.4 Å². The van der Waals surface area contributed by atoms with Gasteiger partial charge in [0.15, 0.2) is 11.6 Å². The van der Waals surface area contributed by atoms with Crippen LogP contribution in [0.25, 0.3) is 0 Å². The van der Waals surface area contributed by atoms with Crippen LogP contribution in [0.4, 0.5) is 8.78 Å². The quantitative estimate of drug-likeness (QED) is 0.853. The Morgan fingerprint density at radius 1 is 1.17 bits per heavy atom. The van der Waals surface area contributed by atoms with Crippen LogP contribution in [0.3, 0.4) is 0 Å². The summed E-state index contributed by atoms with van der Waals surface area (Å²) in [6.45, 7) is 7.15. The monoisotopic (exact) mass is 322 g/mol. The van der Waals surface area contributed by atoms with E-state index in [1.165, 1.54) is 6.07 Å². The van der Waals surface area contributed by atoms with Crippen molar-refractivity contribution in [2.75, 3.05) is 19.6 Å². The van der Waals surface area contributed by atoms with Gasteiger partial charge in [-0.15, -0.1) is 0 Å². The summed E-state index contributed by atoms with van der Waals surface area (Å²) in [5, 5.41) is 0. The molecule has 1 atom stereocenters. The number of likely N-dealkylation sites (tertiary alicyclic amines) is 2. The van der Waals surface area contributed by atoms with Crippen LogP contribution >= 0.6 is 0 Å². The fourth-order valence-electron chi connectivity index (χ4n) is 3.89. The van der Waals surface area contributed by atoms with Gasteiger partial charge in [0.25, 0.3) is 0 Å². The van der Waals surface area contributed by atoms with Crippen molar-refractivity contribution in [2.24, 2.45) is 5.41 Å². The molecule has 0 saturated carbocycles. The zero-order valence-electron chi connectivity index (χ0n) is 13.8. The van der Waals surface area contributed by atoms with Crippen LogP contribution < -0.4 is 0 Å². The minimum Gasteiger partial charge on any atom is -0.338 e. The maximum atomic E-state index is 13.4. The SMILES string of the molecule is CC(C)N1CC[C@@]2(CCCN(Cc3ccc(F)c(F)c3)C2=O)C1. The van der Waals surface area contributed by atoms with Gasteiger partial charge in [0.05, 0.1) is 5.41 Å². The van der Waals surface area contributed by atoms with Crippen molar-refractivity contribution in [1.82, 2.24) is 9.80 Å². The van der Waals surface area contributed by atoms with Gasteiger partial charge >= 0.3 is 0 Å². The summed E-state index contributed by atoms with van der Waals surface area (Å²) in [6, 6.07) is 4.33. The third kappa shape index (κ3) is 3.11. The number of benzene rings is 1. The second kappa shape index (κ2) is 6.19. The van der Waals surface area contributed by atoms with Gasteiger partial charge in [0, 0.05) is 25.7 Å². The molecule has 1 spiro atoms. The zero-order valence-corrected chi connectivity index (χ0v) is 13.8. The van der Waals surface area contributed by atoms with E-state index in [9.17, 15) is 13.6 Å². The molecule has 5 heteroatoms. The number of rotatable bonds is 3. The molecule has 0 radical (unpaired) electrons. The van der Waals surface area contributed by atoms with E-state index < -0.39 is 11.6 Å². The summed E-state index contributed by atoms with van der Waals surface area (Å²) in [5.41, 5.74) is 0.370. The second-order valence-corrected chi connectivity index (χ2v) is 7.17. The van der Waals surface area contributed by atoms with Gasteiger partial charge in [-0.05, 0) is 57.4 Å². The molecule has 1 aromatic carbocycles. The molecular formula is C18H24F2N2O. The van der Waals surface area contributed by atoms with Gasteiger partial charge < -0.3 is 4.90 Å². The van der Waals surface area contributed by atoms with Gasteiger partial charge in [0.1, 0.15) is 0 Å². The minimum atomic E-state index is -0.853. The third-order valence-corrected chi connectivity index (χ3v) is 5.30. The number of nitrogens with zero attached hydrogens (tertiary/aromatic N) is 2. The van der Waals surface area contributed by atoms with E-state index in [0.717, 1.165) is 38.4 Å². The molecule has 2 fully saturated rings. The van der Waals surface area contributed by atoms with Gasteiger partial charge in [-0.3, -0.25) is 9.69 Å². The molecule has 0 aromatic heterocycles. The molecule has 3 nitrogen and oxygen atoms in total. The number of hydrogen-bond acceptors (Lipinski definition) is 2. The van der Waals surface area contributed by atoms with E-state index in [1.807, 2.05) is 4.90 Å². The van der Waals surface area contributed by atoms with Gasteiger partial charge in [-0.1, -0.05) is 6.07 Å². The molecule has 2 saturated heterocycles. The fourth-order valence-corrected chi connectivity index (χ4v) is 3.89. The Labute approximate surface area is 136 Å². The van der Waals surface area contributed by atoms with E-state index in [0.29, 0.717) is 24.7 Å². The molecule has 126 valence electrons. The summed E-state index contributed by atoms with van der Waals surface area (Å²) in [5.74, 6) is -1.52. The Kier molecular flexibility index (Phi) is 4.41. The number of piperidine rings is 1. The predicted octanol–water partition coefficient (Wildman–Crippen LogP) is 3.19. The maximum absolute atomic E-state index is 13.4. The molecule has 1 amide bonds. The first-order valence-corrected chi connectivity index (χ1v) is 8.39. The number of amides is 1. The normalized spacial score (nSPS) is 25.8. The zero-order chi connectivity index (χ0) is 16.6. The molecule has 1 aromatic rings. The van der Waals surface area contributed by atoms with Crippen molar-refractivity contribution < 1.29 is 13.6 Å². The lowest BCUT2D eigenvalue weighted by atomic mass is 9.78. The first-order valence-electron chi connectivity index (χ1n) is 8.39. The first-order chi connectivity index (χ1) is 10.9. The van der Waals surface area contributed by atoms with Crippen molar-refractivity contribution >= 4 is 5.91 Å². The molecular weight excluding hydrogens is 298 g/mol. The summed E-state index contributed by atoms with van der Waals surface area (Å²) in [6.07, 6.45) is 2.81. The second-order valence-electron chi connectivity index (χ2n) is 7.17. The summed E-state index contributed by atoms with van der Waals surface area (Å²) < 4.78 is 26.4. The molecule has 0 N–H and O–H groups in total. The lowest BCUT2D eigenvalue weighted by molar-refractivity contribution is -0.146. The molecule has 0 aliphatic carbocycles. The van der Waals surface area contributed by atoms with Crippen LogP contribution in [0.1, 0.15) is 38.7 Å². The summed E-state index contributed by atoms with van der Waals surface area (Å²) in [7, 11) is 0. The molecule has 0 bridgehead atoms. The minimum absolute atomic E-state index is 0.177. The van der Waals surface area contributed by atoms with E-state index in [1.54, 1.807) is 6.07 Å². The molecule has 0 unspecified atom stereocenters. The Morgan fingerprint density at radius 3 is 2.61 bits per heavy atom. The van der Waals surface area contributed by atoms with Crippen LogP contribution in [-0.4, -0.2) is 41.4 Å². The van der Waals surface area contributed by atoms with Gasteiger partial charge in [-0.25, -0.2) is 8.78 Å². The lowest BCUT2D eigenvalue weighted by Crippen LogP contribution is -2.50. The number of hydrogen-bond donors (Lipinski definition) is 0. The van der Waals surface area contributed by atoms with E-state index in [4.69, 9.17) is 0 Å². The van der Waals surface area contributed by atoms with Crippen molar-refractivity contribution in [3.63, 3.8) is 0 Å². The number of halogens is 2.